The molecule has 3 amide bonds. The van der Waals surface area contributed by atoms with E-state index in [1.807, 2.05) is 50.3 Å². The van der Waals surface area contributed by atoms with Gasteiger partial charge in [-0.25, -0.2) is 5.48 Å². The molecule has 8 nitrogen and oxygen atoms in total. The van der Waals surface area contributed by atoms with Crippen molar-refractivity contribution in [1.29, 1.82) is 0 Å². The Morgan fingerprint density at radius 1 is 1.23 bits per heavy atom. The number of nitrogens with one attached hydrogen (secondary N) is 2. The van der Waals surface area contributed by atoms with Crippen molar-refractivity contribution in [1.82, 2.24) is 20.6 Å². The van der Waals surface area contributed by atoms with Crippen LogP contribution in [-0.2, 0) is 14.4 Å². The smallest absolute Gasteiger partial charge is 0.248 e. The summed E-state index contributed by atoms with van der Waals surface area (Å²) >= 11 is 0. The molecule has 3 atom stereocenters. The second-order valence-electron chi connectivity index (χ2n) is 8.28. The Labute approximate surface area is 176 Å². The van der Waals surface area contributed by atoms with Gasteiger partial charge in [0.1, 0.15) is 0 Å². The number of nitrogens with zero attached hydrogens (tertiary/aromatic N) is 2. The monoisotopic (exact) mass is 414 g/mol. The molecule has 0 spiro atoms. The van der Waals surface area contributed by atoms with Crippen molar-refractivity contribution >= 4 is 23.3 Å². The molecule has 3 N–H and O–H groups in total. The second-order valence-corrected chi connectivity index (χ2v) is 8.28. The molecule has 1 aromatic rings. The van der Waals surface area contributed by atoms with Crippen molar-refractivity contribution < 1.29 is 19.6 Å². The van der Waals surface area contributed by atoms with Gasteiger partial charge in [-0.1, -0.05) is 50.3 Å². The summed E-state index contributed by atoms with van der Waals surface area (Å²) in [6, 6.07) is 8.89. The molecular formula is C22H30N4O4. The van der Waals surface area contributed by atoms with Crippen LogP contribution in [0.15, 0.2) is 36.4 Å². The van der Waals surface area contributed by atoms with Crippen LogP contribution in [0, 0.1) is 11.8 Å². The van der Waals surface area contributed by atoms with Crippen LogP contribution in [0.2, 0.25) is 0 Å². The standard InChI is InChI=1S/C22H30N4O4/c1-14(2)21(28)25(3)17-11-18(20(27)24-30)19(23-12-17)22(29)26-10-9-16(13-26)15-7-5-4-6-8-15/h4-9,14,17-19,23,30H,10-13H2,1-3H3,(H,24,27)/t17?,18-,19-/m0/s1. The zero-order valence-electron chi connectivity index (χ0n) is 17.7. The number of likely N-dealkylation sites (N-methyl/N-ethyl adjacent to an activating group) is 1. The average Bonchev–Trinajstić information content (AvgIpc) is 3.27. The van der Waals surface area contributed by atoms with Gasteiger partial charge in [-0.3, -0.25) is 19.6 Å². The summed E-state index contributed by atoms with van der Waals surface area (Å²) in [5.74, 6) is -1.75. The van der Waals surface area contributed by atoms with Crippen LogP contribution >= 0.6 is 0 Å². The number of rotatable bonds is 5. The third-order valence-corrected chi connectivity index (χ3v) is 5.98. The van der Waals surface area contributed by atoms with E-state index in [1.165, 1.54) is 0 Å². The minimum absolute atomic E-state index is 0.0222. The zero-order chi connectivity index (χ0) is 21.8. The van der Waals surface area contributed by atoms with Crippen LogP contribution < -0.4 is 10.8 Å². The molecule has 2 heterocycles. The van der Waals surface area contributed by atoms with Crippen LogP contribution in [0.3, 0.4) is 0 Å². The summed E-state index contributed by atoms with van der Waals surface area (Å²) in [7, 11) is 1.71. The van der Waals surface area contributed by atoms with Gasteiger partial charge in [0.25, 0.3) is 0 Å². The van der Waals surface area contributed by atoms with E-state index in [9.17, 15) is 19.6 Å². The lowest BCUT2D eigenvalue weighted by atomic mass is 9.85. The van der Waals surface area contributed by atoms with Gasteiger partial charge in [0.05, 0.1) is 12.0 Å². The third kappa shape index (κ3) is 4.55. The molecule has 0 aromatic heterocycles. The lowest BCUT2D eigenvalue weighted by Gasteiger charge is -2.40. The van der Waals surface area contributed by atoms with E-state index in [0.717, 1.165) is 11.1 Å². The van der Waals surface area contributed by atoms with Gasteiger partial charge >= 0.3 is 0 Å². The van der Waals surface area contributed by atoms with Crippen molar-refractivity contribution in [3.8, 4) is 0 Å². The maximum Gasteiger partial charge on any atom is 0.248 e. The second kappa shape index (κ2) is 9.40. The van der Waals surface area contributed by atoms with Gasteiger partial charge in [0.15, 0.2) is 0 Å². The highest BCUT2D eigenvalue weighted by Crippen LogP contribution is 2.26. The molecule has 1 fully saturated rings. The highest BCUT2D eigenvalue weighted by atomic mass is 16.5. The molecule has 162 valence electrons. The lowest BCUT2D eigenvalue weighted by Crippen LogP contribution is -2.62. The molecule has 30 heavy (non-hydrogen) atoms. The molecule has 0 radical (unpaired) electrons. The Hall–Kier alpha value is -2.71. The van der Waals surface area contributed by atoms with Crippen LogP contribution in [-0.4, -0.2) is 71.5 Å². The molecule has 1 unspecified atom stereocenters. The Morgan fingerprint density at radius 2 is 1.93 bits per heavy atom. The predicted octanol–water partition coefficient (Wildman–Crippen LogP) is 0.879. The minimum atomic E-state index is -0.774. The van der Waals surface area contributed by atoms with Crippen molar-refractivity contribution in [2.45, 2.75) is 32.4 Å². The lowest BCUT2D eigenvalue weighted by molar-refractivity contribution is -0.146. The first kappa shape index (κ1) is 22.0. The maximum atomic E-state index is 13.2. The Kier molecular flexibility index (Phi) is 6.89. The fraction of sp³-hybridized carbons (Fsp3) is 0.500. The van der Waals surface area contributed by atoms with Crippen LogP contribution in [0.1, 0.15) is 25.8 Å². The molecule has 1 saturated heterocycles. The Bertz CT molecular complexity index is 824. The number of hydrogen-bond donors (Lipinski definition) is 3. The Morgan fingerprint density at radius 3 is 2.57 bits per heavy atom. The molecule has 3 rings (SSSR count). The third-order valence-electron chi connectivity index (χ3n) is 5.98. The van der Waals surface area contributed by atoms with E-state index in [1.54, 1.807) is 22.3 Å². The first-order chi connectivity index (χ1) is 14.3. The zero-order valence-corrected chi connectivity index (χ0v) is 17.7. The van der Waals surface area contributed by atoms with Gasteiger partial charge in [0.2, 0.25) is 17.7 Å². The van der Waals surface area contributed by atoms with Gasteiger partial charge in [-0.2, -0.15) is 0 Å². The van der Waals surface area contributed by atoms with E-state index in [0.29, 0.717) is 26.1 Å². The van der Waals surface area contributed by atoms with Crippen molar-refractivity contribution in [2.24, 2.45) is 11.8 Å². The summed E-state index contributed by atoms with van der Waals surface area (Å²) in [4.78, 5) is 41.3. The van der Waals surface area contributed by atoms with E-state index >= 15 is 0 Å². The first-order valence-corrected chi connectivity index (χ1v) is 10.3. The van der Waals surface area contributed by atoms with E-state index < -0.39 is 17.9 Å². The van der Waals surface area contributed by atoms with E-state index in [2.05, 4.69) is 5.32 Å². The molecule has 1 aromatic carbocycles. The van der Waals surface area contributed by atoms with Crippen LogP contribution in [0.4, 0.5) is 0 Å². The molecule has 2 aliphatic rings. The molecule has 8 heteroatoms. The molecule has 2 aliphatic heterocycles. The summed E-state index contributed by atoms with van der Waals surface area (Å²) in [6.07, 6.45) is 2.33. The van der Waals surface area contributed by atoms with Gasteiger partial charge in [-0.05, 0) is 17.6 Å². The van der Waals surface area contributed by atoms with Crippen molar-refractivity contribution in [3.63, 3.8) is 0 Å². The summed E-state index contributed by atoms with van der Waals surface area (Å²) < 4.78 is 0. The van der Waals surface area contributed by atoms with Crippen molar-refractivity contribution in [2.75, 3.05) is 26.7 Å². The Balaban J connectivity index is 1.70. The fourth-order valence-electron chi connectivity index (χ4n) is 4.18. The summed E-state index contributed by atoms with van der Waals surface area (Å²) in [5, 5.41) is 12.4. The fourth-order valence-corrected chi connectivity index (χ4v) is 4.18. The number of carbonyl (C=O) groups excluding carboxylic acids is 3. The highest BCUT2D eigenvalue weighted by molar-refractivity contribution is 5.92. The quantitative estimate of drug-likeness (QED) is 0.490. The van der Waals surface area contributed by atoms with Crippen molar-refractivity contribution in [3.05, 3.63) is 42.0 Å². The van der Waals surface area contributed by atoms with Crippen LogP contribution in [0.5, 0.6) is 0 Å². The largest absolute Gasteiger partial charge is 0.341 e. The van der Waals surface area contributed by atoms with Gasteiger partial charge < -0.3 is 15.1 Å². The first-order valence-electron chi connectivity index (χ1n) is 10.3. The minimum Gasteiger partial charge on any atom is -0.341 e. The number of benzene rings is 1. The number of hydroxylamine groups is 1. The SMILES string of the molecule is CC(C)C(=O)N(C)C1CN[C@H](C(=O)N2CC=C(c3ccccc3)C2)[C@@H](C(=O)NO)C1. The molecular weight excluding hydrogens is 384 g/mol. The maximum absolute atomic E-state index is 13.2. The summed E-state index contributed by atoms with van der Waals surface area (Å²) in [5.41, 5.74) is 3.83. The number of carbonyl (C=O) groups is 3. The normalized spacial score (nSPS) is 23.8. The number of amides is 3. The topological polar surface area (TPSA) is 102 Å². The number of piperidine rings is 1. The van der Waals surface area contributed by atoms with Crippen LogP contribution in [0.25, 0.3) is 5.57 Å². The van der Waals surface area contributed by atoms with E-state index in [-0.39, 0.29) is 23.8 Å². The van der Waals surface area contributed by atoms with E-state index in [4.69, 9.17) is 0 Å². The molecule has 0 aliphatic carbocycles. The molecule has 0 bridgehead atoms. The highest BCUT2D eigenvalue weighted by Gasteiger charge is 2.43. The van der Waals surface area contributed by atoms with Gasteiger partial charge in [-0.15, -0.1) is 0 Å². The van der Waals surface area contributed by atoms with Gasteiger partial charge in [0, 0.05) is 38.6 Å². The summed E-state index contributed by atoms with van der Waals surface area (Å²) in [6.45, 7) is 5.01. The number of hydrogen-bond acceptors (Lipinski definition) is 5. The average molecular weight is 415 g/mol. The predicted molar refractivity (Wildman–Crippen MR) is 112 cm³/mol. The molecule has 0 saturated carbocycles.